The lowest BCUT2D eigenvalue weighted by Crippen LogP contribution is -2.47. The van der Waals surface area contributed by atoms with Crippen LogP contribution >= 0.6 is 0 Å². The highest BCUT2D eigenvalue weighted by atomic mass is 32.2. The fourth-order valence-corrected chi connectivity index (χ4v) is 6.24. The van der Waals surface area contributed by atoms with E-state index in [0.29, 0.717) is 0 Å². The van der Waals surface area contributed by atoms with Crippen LogP contribution in [0.2, 0.25) is 0 Å². The third-order valence-corrected chi connectivity index (χ3v) is 8.95. The van der Waals surface area contributed by atoms with Gasteiger partial charge < -0.3 is 9.80 Å². The van der Waals surface area contributed by atoms with E-state index in [4.69, 9.17) is 4.98 Å². The number of hydrogen-bond donors (Lipinski definition) is 0. The van der Waals surface area contributed by atoms with E-state index in [0.717, 1.165) is 48.5 Å². The maximum Gasteiger partial charge on any atom is 0.229 e. The summed E-state index contributed by atoms with van der Waals surface area (Å²) in [5.41, 5.74) is 5.85. The molecule has 6 rings (SSSR count). The largest absolute Gasteiger partial charge is 0.368 e. The van der Waals surface area contributed by atoms with Crippen molar-refractivity contribution >= 4 is 37.9 Å². The minimum atomic E-state index is -3.89. The maximum atomic E-state index is 13.5. The Bertz CT molecular complexity index is 1740. The molecule has 3 heterocycles. The molecule has 1 aliphatic rings. The Morgan fingerprint density at radius 1 is 0.784 bits per heavy atom. The van der Waals surface area contributed by atoms with E-state index in [1.165, 1.54) is 21.3 Å². The number of aromatic nitrogens is 4. The van der Waals surface area contributed by atoms with Crippen molar-refractivity contribution in [3.05, 3.63) is 83.4 Å². The number of aryl methyl sites for hydroxylation is 2. The molecular weight excluding hydrogens is 484 g/mol. The molecule has 0 atom stereocenters. The highest BCUT2D eigenvalue weighted by Gasteiger charge is 2.29. The van der Waals surface area contributed by atoms with E-state index in [1.807, 2.05) is 31.2 Å². The van der Waals surface area contributed by atoms with Gasteiger partial charge in [-0.2, -0.15) is 4.52 Å². The van der Waals surface area contributed by atoms with E-state index in [1.54, 1.807) is 24.3 Å². The van der Waals surface area contributed by atoms with E-state index in [9.17, 15) is 8.42 Å². The van der Waals surface area contributed by atoms with Crippen LogP contribution in [0.5, 0.6) is 0 Å². The minimum absolute atomic E-state index is 0.127. The maximum absolute atomic E-state index is 13.5. The molecule has 9 heteroatoms. The molecule has 0 bridgehead atoms. The van der Waals surface area contributed by atoms with Gasteiger partial charge in [-0.05, 0) is 62.2 Å². The minimum Gasteiger partial charge on any atom is -0.368 e. The summed E-state index contributed by atoms with van der Waals surface area (Å²) in [7, 11) is -3.89. The number of nitrogens with zero attached hydrogens (tertiary/aromatic N) is 6. The smallest absolute Gasteiger partial charge is 0.229 e. The van der Waals surface area contributed by atoms with E-state index in [2.05, 4.69) is 52.2 Å². The highest BCUT2D eigenvalue weighted by molar-refractivity contribution is 7.91. The monoisotopic (exact) mass is 512 g/mol. The Labute approximate surface area is 216 Å². The first kappa shape index (κ1) is 23.4. The summed E-state index contributed by atoms with van der Waals surface area (Å²) >= 11 is 0. The third kappa shape index (κ3) is 3.90. The number of hydrogen-bond acceptors (Lipinski definition) is 7. The van der Waals surface area contributed by atoms with Crippen molar-refractivity contribution in [1.29, 1.82) is 0 Å². The predicted octanol–water partition coefficient (Wildman–Crippen LogP) is 4.36. The van der Waals surface area contributed by atoms with Crippen LogP contribution in [0.4, 0.5) is 11.5 Å². The number of benzene rings is 3. The van der Waals surface area contributed by atoms with Gasteiger partial charge in [0.2, 0.25) is 14.9 Å². The quantitative estimate of drug-likeness (QED) is 0.354. The Morgan fingerprint density at radius 2 is 1.49 bits per heavy atom. The summed E-state index contributed by atoms with van der Waals surface area (Å²) in [4.78, 5) is 9.72. The molecule has 0 aliphatic carbocycles. The van der Waals surface area contributed by atoms with Crippen LogP contribution in [0.15, 0.2) is 76.7 Å². The van der Waals surface area contributed by atoms with Crippen LogP contribution < -0.4 is 9.80 Å². The second-order valence-electron chi connectivity index (χ2n) is 9.59. The van der Waals surface area contributed by atoms with Crippen LogP contribution in [-0.2, 0) is 9.84 Å². The second-order valence-corrected chi connectivity index (χ2v) is 11.5. The molecule has 1 fully saturated rings. The van der Waals surface area contributed by atoms with Crippen molar-refractivity contribution in [2.24, 2.45) is 0 Å². The summed E-state index contributed by atoms with van der Waals surface area (Å²) < 4.78 is 28.6. The lowest BCUT2D eigenvalue weighted by molar-refractivity contribution is 0.592. The fourth-order valence-electron chi connectivity index (χ4n) is 5.01. The Balaban J connectivity index is 1.42. The lowest BCUT2D eigenvalue weighted by atomic mass is 10.1. The van der Waals surface area contributed by atoms with Crippen LogP contribution in [0, 0.1) is 20.8 Å². The summed E-state index contributed by atoms with van der Waals surface area (Å²) in [5, 5.41) is 9.11. The summed E-state index contributed by atoms with van der Waals surface area (Å²) in [6, 6.07) is 21.0. The third-order valence-electron chi connectivity index (χ3n) is 7.28. The van der Waals surface area contributed by atoms with E-state index in [-0.39, 0.29) is 15.6 Å². The number of sulfone groups is 1. The molecule has 1 saturated heterocycles. The molecule has 0 saturated carbocycles. The molecular formula is C28H28N6O2S. The second kappa shape index (κ2) is 8.85. The number of para-hydroxylation sites is 1. The van der Waals surface area contributed by atoms with Crippen molar-refractivity contribution in [2.75, 3.05) is 36.0 Å². The van der Waals surface area contributed by atoms with E-state index < -0.39 is 9.84 Å². The number of fused-ring (bicyclic) bond motifs is 3. The molecule has 3 aromatic carbocycles. The van der Waals surface area contributed by atoms with Gasteiger partial charge in [0.1, 0.15) is 5.82 Å². The molecule has 8 nitrogen and oxygen atoms in total. The van der Waals surface area contributed by atoms with E-state index >= 15 is 0 Å². The number of rotatable bonds is 4. The first-order chi connectivity index (χ1) is 17.8. The van der Waals surface area contributed by atoms with Crippen LogP contribution in [0.3, 0.4) is 0 Å². The first-order valence-corrected chi connectivity index (χ1v) is 13.8. The normalized spacial score (nSPS) is 14.6. The van der Waals surface area contributed by atoms with Crippen LogP contribution in [-0.4, -0.2) is 54.4 Å². The SMILES string of the molecule is Cc1ccc(S(=O)(=O)c2nnn3c2nc(N2CCN(c4cccc(C)c4C)CC2)c2ccccc23)cc1. The number of piperazine rings is 1. The first-order valence-electron chi connectivity index (χ1n) is 12.4. The molecule has 0 amide bonds. The molecule has 1 aliphatic heterocycles. The van der Waals surface area contributed by atoms with Crippen molar-refractivity contribution in [1.82, 2.24) is 19.8 Å². The summed E-state index contributed by atoms with van der Waals surface area (Å²) in [6.45, 7) is 9.45. The van der Waals surface area contributed by atoms with Crippen molar-refractivity contribution in [3.8, 4) is 0 Å². The average Bonchev–Trinajstić information content (AvgIpc) is 3.36. The van der Waals surface area contributed by atoms with Crippen LogP contribution in [0.1, 0.15) is 16.7 Å². The van der Waals surface area contributed by atoms with Gasteiger partial charge in [-0.1, -0.05) is 47.2 Å². The zero-order chi connectivity index (χ0) is 25.7. The molecule has 0 unspecified atom stereocenters. The van der Waals surface area contributed by atoms with Crippen molar-refractivity contribution in [3.63, 3.8) is 0 Å². The van der Waals surface area contributed by atoms with Gasteiger partial charge in [0.15, 0.2) is 5.65 Å². The molecule has 188 valence electrons. The Hall–Kier alpha value is -3.98. The van der Waals surface area contributed by atoms with Gasteiger partial charge in [-0.25, -0.2) is 13.4 Å². The van der Waals surface area contributed by atoms with Gasteiger partial charge in [-0.15, -0.1) is 5.10 Å². The standard InChI is InChI=1S/C28H28N6O2S/c1-19-11-13-22(14-12-19)37(35,36)28-27-29-26(23-8-4-5-9-25(23)34(27)31-30-28)33-17-15-32(16-18-33)24-10-6-7-20(2)21(24)3/h4-14H,15-18H2,1-3H3. The molecule has 37 heavy (non-hydrogen) atoms. The molecule has 0 spiro atoms. The molecule has 0 N–H and O–H groups in total. The fraction of sp³-hybridized carbons (Fsp3) is 0.250. The van der Waals surface area contributed by atoms with Crippen LogP contribution in [0.25, 0.3) is 16.6 Å². The van der Waals surface area contributed by atoms with Gasteiger partial charge >= 0.3 is 0 Å². The summed E-state index contributed by atoms with van der Waals surface area (Å²) in [6.07, 6.45) is 0. The predicted molar refractivity (Wildman–Crippen MR) is 145 cm³/mol. The summed E-state index contributed by atoms with van der Waals surface area (Å²) in [5.74, 6) is 0.756. The number of anilines is 2. The Kier molecular flexibility index (Phi) is 5.60. The van der Waals surface area contributed by atoms with Gasteiger partial charge in [0.25, 0.3) is 0 Å². The van der Waals surface area contributed by atoms with Gasteiger partial charge in [0.05, 0.1) is 10.4 Å². The zero-order valence-corrected chi connectivity index (χ0v) is 21.9. The molecule has 5 aromatic rings. The highest BCUT2D eigenvalue weighted by Crippen LogP contribution is 2.31. The van der Waals surface area contributed by atoms with Gasteiger partial charge in [-0.3, -0.25) is 0 Å². The molecule has 0 radical (unpaired) electrons. The van der Waals surface area contributed by atoms with Gasteiger partial charge in [0, 0.05) is 37.3 Å². The van der Waals surface area contributed by atoms with Crippen molar-refractivity contribution < 1.29 is 8.42 Å². The Morgan fingerprint density at radius 3 is 2.24 bits per heavy atom. The topological polar surface area (TPSA) is 83.7 Å². The lowest BCUT2D eigenvalue weighted by Gasteiger charge is -2.38. The van der Waals surface area contributed by atoms with Crippen molar-refractivity contribution in [2.45, 2.75) is 30.7 Å². The zero-order valence-electron chi connectivity index (χ0n) is 21.1. The average molecular weight is 513 g/mol. The molecule has 2 aromatic heterocycles.